The van der Waals surface area contributed by atoms with E-state index in [9.17, 15) is 19.8 Å². The minimum Gasteiger partial charge on any atom is -0.502 e. The van der Waals surface area contributed by atoms with Gasteiger partial charge < -0.3 is 14.9 Å². The van der Waals surface area contributed by atoms with E-state index in [2.05, 4.69) is 0 Å². The van der Waals surface area contributed by atoms with Gasteiger partial charge in [0.15, 0.2) is 5.75 Å². The number of carboxylic acids is 1. The Morgan fingerprint density at radius 3 is 2.74 bits per heavy atom. The lowest BCUT2D eigenvalue weighted by Crippen LogP contribution is -2.23. The number of ether oxygens (including phenoxy) is 1. The van der Waals surface area contributed by atoms with Gasteiger partial charge in [-0.2, -0.15) is 0 Å². The first-order chi connectivity index (χ1) is 11.0. The molecule has 3 aromatic rings. The number of methoxy groups -OCH3 is 1. The van der Waals surface area contributed by atoms with Crippen LogP contribution in [0.4, 0.5) is 0 Å². The lowest BCUT2D eigenvalue weighted by molar-refractivity contribution is 0.0695. The van der Waals surface area contributed by atoms with Crippen LogP contribution in [0.2, 0.25) is 0 Å². The van der Waals surface area contributed by atoms with Crippen LogP contribution >= 0.6 is 11.3 Å². The maximum atomic E-state index is 12.4. The normalized spacial score (nSPS) is 10.8. The number of pyridine rings is 1. The fourth-order valence-corrected chi connectivity index (χ4v) is 3.45. The van der Waals surface area contributed by atoms with Gasteiger partial charge in [0.1, 0.15) is 11.3 Å². The van der Waals surface area contributed by atoms with Gasteiger partial charge in [-0.05, 0) is 17.5 Å². The Morgan fingerprint density at radius 2 is 2.04 bits per heavy atom. The second kappa shape index (κ2) is 5.77. The molecule has 2 N–H and O–H groups in total. The highest BCUT2D eigenvalue weighted by Gasteiger charge is 2.22. The average Bonchev–Trinajstić information content (AvgIpc) is 3.00. The zero-order chi connectivity index (χ0) is 16.6. The van der Waals surface area contributed by atoms with Gasteiger partial charge in [-0.3, -0.25) is 9.36 Å². The van der Waals surface area contributed by atoms with Gasteiger partial charge in [0.25, 0.3) is 5.56 Å². The highest BCUT2D eigenvalue weighted by molar-refractivity contribution is 7.17. The number of para-hydroxylation sites is 1. The van der Waals surface area contributed by atoms with Crippen molar-refractivity contribution in [1.82, 2.24) is 4.57 Å². The third kappa shape index (κ3) is 2.44. The van der Waals surface area contributed by atoms with Gasteiger partial charge in [-0.15, -0.1) is 11.3 Å². The number of aromatic nitrogens is 1. The summed E-state index contributed by atoms with van der Waals surface area (Å²) in [6, 6.07) is 8.89. The molecule has 23 heavy (non-hydrogen) atoms. The molecule has 7 heteroatoms. The van der Waals surface area contributed by atoms with Crippen molar-refractivity contribution in [3.63, 3.8) is 0 Å². The highest BCUT2D eigenvalue weighted by Crippen LogP contribution is 2.30. The van der Waals surface area contributed by atoms with Crippen molar-refractivity contribution in [2.45, 2.75) is 6.54 Å². The second-order valence-corrected chi connectivity index (χ2v) is 5.78. The van der Waals surface area contributed by atoms with Gasteiger partial charge in [0, 0.05) is 5.56 Å². The first-order valence-electron chi connectivity index (χ1n) is 6.72. The van der Waals surface area contributed by atoms with Gasteiger partial charge in [0.2, 0.25) is 0 Å². The number of nitrogens with zero attached hydrogens (tertiary/aromatic N) is 1. The summed E-state index contributed by atoms with van der Waals surface area (Å²) in [5, 5.41) is 21.0. The number of thiophene rings is 1. The third-order valence-corrected chi connectivity index (χ3v) is 4.50. The molecular weight excluding hydrogens is 318 g/mol. The number of aromatic carboxylic acids is 1. The summed E-state index contributed by atoms with van der Waals surface area (Å²) in [5.41, 5.74) is 0.142. The van der Waals surface area contributed by atoms with Crippen molar-refractivity contribution in [1.29, 1.82) is 0 Å². The quantitative estimate of drug-likeness (QED) is 0.767. The molecule has 0 unspecified atom stereocenters. The van der Waals surface area contributed by atoms with E-state index in [0.29, 0.717) is 16.0 Å². The zero-order valence-corrected chi connectivity index (χ0v) is 13.0. The minimum atomic E-state index is -1.32. The number of carboxylic acid groups (broad SMARTS) is 1. The van der Waals surface area contributed by atoms with E-state index in [-0.39, 0.29) is 12.1 Å². The lowest BCUT2D eigenvalue weighted by atomic mass is 10.1. The smallest absolute Gasteiger partial charge is 0.341 e. The average molecular weight is 331 g/mol. The number of carbonyl (C=O) groups is 1. The second-order valence-electron chi connectivity index (χ2n) is 4.87. The van der Waals surface area contributed by atoms with Gasteiger partial charge in [0.05, 0.1) is 23.9 Å². The van der Waals surface area contributed by atoms with E-state index in [1.165, 1.54) is 23.0 Å². The van der Waals surface area contributed by atoms with Crippen molar-refractivity contribution in [2.75, 3.05) is 7.11 Å². The predicted molar refractivity (Wildman–Crippen MR) is 86.8 cm³/mol. The molecule has 0 radical (unpaired) electrons. The van der Waals surface area contributed by atoms with Crippen LogP contribution in [-0.2, 0) is 6.54 Å². The fourth-order valence-electron chi connectivity index (χ4n) is 2.51. The van der Waals surface area contributed by atoms with Gasteiger partial charge >= 0.3 is 5.97 Å². The first kappa shape index (κ1) is 15.1. The molecule has 1 aromatic carbocycles. The molecule has 0 atom stereocenters. The van der Waals surface area contributed by atoms with Crippen LogP contribution in [0.5, 0.6) is 11.5 Å². The molecule has 0 amide bonds. The molecule has 0 aliphatic rings. The van der Waals surface area contributed by atoms with Crippen molar-refractivity contribution >= 4 is 27.5 Å². The van der Waals surface area contributed by atoms with E-state index in [1.807, 2.05) is 18.2 Å². The van der Waals surface area contributed by atoms with E-state index in [1.54, 1.807) is 17.5 Å². The summed E-state index contributed by atoms with van der Waals surface area (Å²) in [4.78, 5) is 23.8. The molecule has 0 aliphatic heterocycles. The number of fused-ring (bicyclic) bond motifs is 1. The van der Waals surface area contributed by atoms with Crippen LogP contribution in [0, 0.1) is 0 Å². The molecule has 0 aliphatic carbocycles. The Labute approximate surface area is 134 Å². The standard InChI is InChI=1S/C16H13NO5S/c1-22-11-5-3-2-4-9(11)8-17-10-6-7-23-14(10)12(16(20)21)13(18)15(17)19/h2-7,18H,8H2,1H3,(H,20,21). The first-order valence-corrected chi connectivity index (χ1v) is 7.60. The summed E-state index contributed by atoms with van der Waals surface area (Å²) < 4.78 is 6.99. The summed E-state index contributed by atoms with van der Waals surface area (Å²) in [6.07, 6.45) is 0. The molecule has 0 bridgehead atoms. The number of rotatable bonds is 4. The van der Waals surface area contributed by atoms with Gasteiger partial charge in [-0.25, -0.2) is 4.79 Å². The Kier molecular flexibility index (Phi) is 3.79. The van der Waals surface area contributed by atoms with Crippen LogP contribution < -0.4 is 10.3 Å². The van der Waals surface area contributed by atoms with Crippen LogP contribution in [0.15, 0.2) is 40.5 Å². The van der Waals surface area contributed by atoms with Crippen LogP contribution in [0.3, 0.4) is 0 Å². The molecule has 0 spiro atoms. The van der Waals surface area contributed by atoms with E-state index < -0.39 is 17.3 Å². The number of benzene rings is 1. The molecule has 0 fully saturated rings. The predicted octanol–water partition coefficient (Wildman–Crippen LogP) is 2.52. The monoisotopic (exact) mass is 331 g/mol. The van der Waals surface area contributed by atoms with Crippen molar-refractivity contribution in [3.8, 4) is 11.5 Å². The number of hydrogen-bond donors (Lipinski definition) is 2. The topological polar surface area (TPSA) is 88.8 Å². The van der Waals surface area contributed by atoms with E-state index in [0.717, 1.165) is 5.56 Å². The van der Waals surface area contributed by atoms with E-state index in [4.69, 9.17) is 4.74 Å². The minimum absolute atomic E-state index is 0.170. The van der Waals surface area contributed by atoms with Crippen molar-refractivity contribution < 1.29 is 19.7 Å². The number of hydrogen-bond acceptors (Lipinski definition) is 5. The Hall–Kier alpha value is -2.80. The Bertz CT molecular complexity index is 957. The Morgan fingerprint density at radius 1 is 1.30 bits per heavy atom. The molecule has 0 saturated heterocycles. The number of aromatic hydroxyl groups is 1. The van der Waals surface area contributed by atoms with E-state index >= 15 is 0 Å². The summed E-state index contributed by atoms with van der Waals surface area (Å²) in [5.74, 6) is -1.46. The zero-order valence-electron chi connectivity index (χ0n) is 12.1. The van der Waals surface area contributed by atoms with Crippen LogP contribution in [-0.4, -0.2) is 27.9 Å². The maximum absolute atomic E-state index is 12.4. The van der Waals surface area contributed by atoms with Gasteiger partial charge in [-0.1, -0.05) is 18.2 Å². The third-order valence-electron chi connectivity index (χ3n) is 3.58. The molecular formula is C16H13NO5S. The highest BCUT2D eigenvalue weighted by atomic mass is 32.1. The largest absolute Gasteiger partial charge is 0.502 e. The fraction of sp³-hybridized carbons (Fsp3) is 0.125. The maximum Gasteiger partial charge on any atom is 0.341 e. The SMILES string of the molecule is COc1ccccc1Cn1c(=O)c(O)c(C(=O)O)c2sccc21. The molecule has 6 nitrogen and oxygen atoms in total. The summed E-state index contributed by atoms with van der Waals surface area (Å²) in [6.45, 7) is 0.170. The molecule has 2 heterocycles. The lowest BCUT2D eigenvalue weighted by Gasteiger charge is -2.13. The molecule has 0 saturated carbocycles. The Balaban J connectivity index is 2.25. The van der Waals surface area contributed by atoms with Crippen molar-refractivity contribution in [2.24, 2.45) is 0 Å². The molecule has 3 rings (SSSR count). The molecule has 2 aromatic heterocycles. The summed E-state index contributed by atoms with van der Waals surface area (Å²) in [7, 11) is 1.53. The van der Waals surface area contributed by atoms with Crippen LogP contribution in [0.25, 0.3) is 10.2 Å². The van der Waals surface area contributed by atoms with Crippen molar-refractivity contribution in [3.05, 3.63) is 57.2 Å². The summed E-state index contributed by atoms with van der Waals surface area (Å²) >= 11 is 1.17. The molecule has 118 valence electrons. The van der Waals surface area contributed by atoms with Crippen LogP contribution in [0.1, 0.15) is 15.9 Å².